The summed E-state index contributed by atoms with van der Waals surface area (Å²) in [6.07, 6.45) is 4.78. The van der Waals surface area contributed by atoms with E-state index in [0.717, 1.165) is 18.4 Å². The molecule has 8 nitrogen and oxygen atoms in total. The minimum absolute atomic E-state index is 0.00497. The zero-order chi connectivity index (χ0) is 19.3. The highest BCUT2D eigenvalue weighted by atomic mass is 32.2. The molecule has 2 N–H and O–H groups in total. The van der Waals surface area contributed by atoms with E-state index in [1.807, 2.05) is 0 Å². The minimum atomic E-state index is -3.75. The first-order valence-electron chi connectivity index (χ1n) is 8.47. The predicted octanol–water partition coefficient (Wildman–Crippen LogP) is 1.02. The van der Waals surface area contributed by atoms with Crippen LogP contribution >= 0.6 is 0 Å². The van der Waals surface area contributed by atoms with Crippen molar-refractivity contribution in [3.8, 4) is 0 Å². The summed E-state index contributed by atoms with van der Waals surface area (Å²) >= 11 is 0. The zero-order valence-electron chi connectivity index (χ0n) is 14.5. The van der Waals surface area contributed by atoms with Gasteiger partial charge in [-0.15, -0.1) is 0 Å². The highest BCUT2D eigenvalue weighted by Gasteiger charge is 2.21. The third-order valence-corrected chi connectivity index (χ3v) is 7.04. The molecule has 1 atom stereocenters. The van der Waals surface area contributed by atoms with Crippen LogP contribution < -0.4 is 9.44 Å². The Balaban J connectivity index is 1.64. The summed E-state index contributed by atoms with van der Waals surface area (Å²) < 4.78 is 59.7. The Hall–Kier alpha value is -1.85. The summed E-state index contributed by atoms with van der Waals surface area (Å²) in [6.45, 7) is 0.967. The first-order chi connectivity index (χ1) is 12.9. The molecule has 0 spiro atoms. The fourth-order valence-electron chi connectivity index (χ4n) is 2.65. The molecule has 0 aliphatic carbocycles. The molecule has 1 aromatic carbocycles. The van der Waals surface area contributed by atoms with Crippen molar-refractivity contribution >= 4 is 20.0 Å². The van der Waals surface area contributed by atoms with Gasteiger partial charge >= 0.3 is 0 Å². The van der Waals surface area contributed by atoms with Crippen LogP contribution in [0.15, 0.2) is 58.6 Å². The SMILES string of the molecule is O=S(=O)(NCc1ccncc1)c1ccc(S(=O)(=O)NC[C@@H]2CCCO2)cc1. The summed E-state index contributed by atoms with van der Waals surface area (Å²) in [6, 6.07) is 8.51. The van der Waals surface area contributed by atoms with Crippen molar-refractivity contribution in [2.45, 2.75) is 35.3 Å². The number of hydrogen-bond acceptors (Lipinski definition) is 6. The number of sulfonamides is 2. The summed E-state index contributed by atoms with van der Waals surface area (Å²) in [4.78, 5) is 3.88. The molecule has 1 fully saturated rings. The quantitative estimate of drug-likeness (QED) is 0.670. The molecule has 1 aliphatic heterocycles. The molecule has 146 valence electrons. The topological polar surface area (TPSA) is 114 Å². The van der Waals surface area contributed by atoms with E-state index in [-0.39, 0.29) is 29.0 Å². The Morgan fingerprint density at radius 1 is 0.926 bits per heavy atom. The number of nitrogens with one attached hydrogen (secondary N) is 2. The molecule has 1 aromatic heterocycles. The van der Waals surface area contributed by atoms with Gasteiger partial charge in [0, 0.05) is 32.1 Å². The van der Waals surface area contributed by atoms with E-state index in [1.165, 1.54) is 24.3 Å². The number of rotatable bonds is 8. The van der Waals surface area contributed by atoms with Gasteiger partial charge in [-0.2, -0.15) is 0 Å². The molecular weight excluding hydrogens is 390 g/mol. The largest absolute Gasteiger partial charge is 0.377 e. The van der Waals surface area contributed by atoms with E-state index in [1.54, 1.807) is 24.5 Å². The lowest BCUT2D eigenvalue weighted by Crippen LogP contribution is -2.31. The second kappa shape index (κ2) is 8.44. The van der Waals surface area contributed by atoms with Gasteiger partial charge in [0.25, 0.3) is 0 Å². The van der Waals surface area contributed by atoms with Gasteiger partial charge in [-0.05, 0) is 54.8 Å². The molecule has 0 radical (unpaired) electrons. The summed E-state index contributed by atoms with van der Waals surface area (Å²) in [7, 11) is -7.47. The molecule has 0 unspecified atom stereocenters. The molecule has 0 amide bonds. The second-order valence-electron chi connectivity index (χ2n) is 6.14. The molecule has 3 rings (SSSR count). The minimum Gasteiger partial charge on any atom is -0.377 e. The zero-order valence-corrected chi connectivity index (χ0v) is 16.2. The average molecular weight is 412 g/mol. The van der Waals surface area contributed by atoms with Crippen LogP contribution in [0.4, 0.5) is 0 Å². The lowest BCUT2D eigenvalue weighted by molar-refractivity contribution is 0.114. The Labute approximate surface area is 159 Å². The van der Waals surface area contributed by atoms with Crippen LogP contribution in [0.2, 0.25) is 0 Å². The fraction of sp³-hybridized carbons (Fsp3) is 0.353. The Bertz CT molecular complexity index is 955. The maximum atomic E-state index is 12.4. The predicted molar refractivity (Wildman–Crippen MR) is 98.9 cm³/mol. The maximum absolute atomic E-state index is 12.4. The molecule has 0 bridgehead atoms. The third-order valence-electron chi connectivity index (χ3n) is 4.19. The molecule has 1 saturated heterocycles. The molecular formula is C17H21N3O5S2. The Morgan fingerprint density at radius 3 is 2.07 bits per heavy atom. The highest BCUT2D eigenvalue weighted by molar-refractivity contribution is 7.90. The lowest BCUT2D eigenvalue weighted by Gasteiger charge is -2.12. The van der Waals surface area contributed by atoms with E-state index in [2.05, 4.69) is 14.4 Å². The van der Waals surface area contributed by atoms with Crippen LogP contribution in [-0.4, -0.2) is 41.1 Å². The smallest absolute Gasteiger partial charge is 0.240 e. The third kappa shape index (κ3) is 5.33. The van der Waals surface area contributed by atoms with Gasteiger partial charge in [0.15, 0.2) is 0 Å². The van der Waals surface area contributed by atoms with E-state index in [9.17, 15) is 16.8 Å². The van der Waals surface area contributed by atoms with Crippen LogP contribution in [0.1, 0.15) is 18.4 Å². The van der Waals surface area contributed by atoms with Gasteiger partial charge < -0.3 is 4.74 Å². The van der Waals surface area contributed by atoms with Crippen molar-refractivity contribution in [2.75, 3.05) is 13.2 Å². The lowest BCUT2D eigenvalue weighted by atomic mass is 10.2. The standard InChI is InChI=1S/C17H21N3O5S2/c21-26(22,19-12-14-7-9-18-10-8-14)16-3-5-17(6-4-16)27(23,24)20-13-15-2-1-11-25-15/h3-10,15,19-20H,1-2,11-13H2/t15-/m0/s1. The monoisotopic (exact) mass is 411 g/mol. The van der Waals surface area contributed by atoms with Gasteiger partial charge in [-0.1, -0.05) is 0 Å². The van der Waals surface area contributed by atoms with E-state index in [0.29, 0.717) is 6.61 Å². The van der Waals surface area contributed by atoms with Crippen LogP contribution in [0.3, 0.4) is 0 Å². The number of hydrogen-bond donors (Lipinski definition) is 2. The number of ether oxygens (including phenoxy) is 1. The van der Waals surface area contributed by atoms with Gasteiger partial charge in [-0.25, -0.2) is 26.3 Å². The molecule has 2 heterocycles. The van der Waals surface area contributed by atoms with Gasteiger partial charge in [0.05, 0.1) is 15.9 Å². The van der Waals surface area contributed by atoms with Crippen LogP contribution in [0, 0.1) is 0 Å². The molecule has 2 aromatic rings. The molecule has 1 aliphatic rings. The van der Waals surface area contributed by atoms with Crippen LogP contribution in [0.5, 0.6) is 0 Å². The highest BCUT2D eigenvalue weighted by Crippen LogP contribution is 2.16. The van der Waals surface area contributed by atoms with E-state index < -0.39 is 20.0 Å². The van der Waals surface area contributed by atoms with Crippen LogP contribution in [0.25, 0.3) is 0 Å². The molecule has 10 heteroatoms. The Kier molecular flexibility index (Phi) is 6.22. The average Bonchev–Trinajstić information content (AvgIpc) is 3.20. The first-order valence-corrected chi connectivity index (χ1v) is 11.4. The van der Waals surface area contributed by atoms with Gasteiger partial charge in [-0.3, -0.25) is 4.98 Å². The number of nitrogens with zero attached hydrogens (tertiary/aromatic N) is 1. The van der Waals surface area contributed by atoms with Crippen LogP contribution in [-0.2, 0) is 31.3 Å². The Morgan fingerprint density at radius 2 is 1.52 bits per heavy atom. The molecule has 27 heavy (non-hydrogen) atoms. The maximum Gasteiger partial charge on any atom is 0.240 e. The number of benzene rings is 1. The van der Waals surface area contributed by atoms with Gasteiger partial charge in [0.2, 0.25) is 20.0 Å². The normalized spacial score (nSPS) is 17.9. The summed E-state index contributed by atoms with van der Waals surface area (Å²) in [5.74, 6) is 0. The van der Waals surface area contributed by atoms with E-state index >= 15 is 0 Å². The van der Waals surface area contributed by atoms with Crippen molar-refractivity contribution in [3.05, 3.63) is 54.4 Å². The fourth-order valence-corrected chi connectivity index (χ4v) is 4.74. The van der Waals surface area contributed by atoms with Crippen molar-refractivity contribution in [1.29, 1.82) is 0 Å². The number of pyridine rings is 1. The first kappa shape index (κ1) is 19.9. The molecule has 0 saturated carbocycles. The van der Waals surface area contributed by atoms with Gasteiger partial charge in [0.1, 0.15) is 0 Å². The van der Waals surface area contributed by atoms with E-state index in [4.69, 9.17) is 4.74 Å². The summed E-state index contributed by atoms with van der Waals surface area (Å²) in [5.41, 5.74) is 0.770. The van der Waals surface area contributed by atoms with Crippen molar-refractivity contribution < 1.29 is 21.6 Å². The van der Waals surface area contributed by atoms with Crippen molar-refractivity contribution in [1.82, 2.24) is 14.4 Å². The van der Waals surface area contributed by atoms with Crippen molar-refractivity contribution in [2.24, 2.45) is 0 Å². The second-order valence-corrected chi connectivity index (χ2v) is 9.67. The number of aromatic nitrogens is 1. The summed E-state index contributed by atoms with van der Waals surface area (Å²) in [5, 5.41) is 0. The van der Waals surface area contributed by atoms with Crippen molar-refractivity contribution in [3.63, 3.8) is 0 Å².